The van der Waals surface area contributed by atoms with E-state index in [2.05, 4.69) is 16.6 Å². The third kappa shape index (κ3) is 5.12. The Morgan fingerprint density at radius 2 is 1.61 bits per heavy atom. The molecule has 194 valence electrons. The highest BCUT2D eigenvalue weighted by molar-refractivity contribution is 5.76. The van der Waals surface area contributed by atoms with Crippen molar-refractivity contribution in [1.29, 1.82) is 0 Å². The predicted molar refractivity (Wildman–Crippen MR) is 131 cm³/mol. The fraction of sp³-hybridized carbons (Fsp3) is 0.552. The zero-order chi connectivity index (χ0) is 25.2. The minimum absolute atomic E-state index is 0.0741. The molecule has 0 bridgehead atoms. The zero-order valence-corrected chi connectivity index (χ0v) is 20.6. The van der Waals surface area contributed by atoms with E-state index in [0.29, 0.717) is 22.9 Å². The quantitative estimate of drug-likeness (QED) is 0.301. The summed E-state index contributed by atoms with van der Waals surface area (Å²) in [5.74, 6) is -1.50. The van der Waals surface area contributed by atoms with E-state index in [1.807, 2.05) is 0 Å². The number of ether oxygens (including phenoxy) is 1. The molecule has 0 N–H and O–H groups in total. The molecule has 2 fully saturated rings. The largest absolute Gasteiger partial charge is 0.436 e. The Balaban J connectivity index is 1.39. The average molecular weight is 504 g/mol. The number of oxazole rings is 1. The van der Waals surface area contributed by atoms with Crippen molar-refractivity contribution >= 4 is 11.1 Å². The van der Waals surface area contributed by atoms with Gasteiger partial charge in [-0.2, -0.15) is 13.2 Å². The summed E-state index contributed by atoms with van der Waals surface area (Å²) in [6.07, 6.45) is 11.0. The van der Waals surface area contributed by atoms with Crippen LogP contribution in [-0.4, -0.2) is 11.6 Å². The topological polar surface area (TPSA) is 35.3 Å². The number of alkyl halides is 2. The number of rotatable bonds is 7. The van der Waals surface area contributed by atoms with Crippen LogP contribution in [0.5, 0.6) is 5.75 Å². The fourth-order valence-electron chi connectivity index (χ4n) is 6.54. The smallest absolute Gasteiger partial charge is 0.387 e. The molecule has 2 aromatic carbocycles. The summed E-state index contributed by atoms with van der Waals surface area (Å²) in [6.45, 7) is -1.00. The first-order valence-corrected chi connectivity index (χ1v) is 13.3. The van der Waals surface area contributed by atoms with Crippen molar-refractivity contribution in [2.75, 3.05) is 0 Å². The lowest BCUT2D eigenvalue weighted by Crippen LogP contribution is -2.25. The molecule has 2 aliphatic carbocycles. The van der Waals surface area contributed by atoms with Gasteiger partial charge in [0.15, 0.2) is 17.1 Å². The number of hydrogen-bond donors (Lipinski definition) is 0. The summed E-state index contributed by atoms with van der Waals surface area (Å²) in [5, 5.41) is 0. The van der Waals surface area contributed by atoms with Gasteiger partial charge in [0.05, 0.1) is 5.56 Å². The Morgan fingerprint density at radius 3 is 2.25 bits per heavy atom. The fourth-order valence-corrected chi connectivity index (χ4v) is 6.54. The highest BCUT2D eigenvalue weighted by Gasteiger charge is 2.34. The Bertz CT molecular complexity index is 1140. The van der Waals surface area contributed by atoms with Crippen LogP contribution in [0.2, 0.25) is 0 Å². The number of nitrogens with zero attached hydrogens (tertiary/aromatic N) is 1. The van der Waals surface area contributed by atoms with Crippen LogP contribution in [0.3, 0.4) is 0 Å². The van der Waals surface area contributed by atoms with Gasteiger partial charge < -0.3 is 9.15 Å². The molecule has 3 aromatic rings. The van der Waals surface area contributed by atoms with Crippen molar-refractivity contribution < 1.29 is 26.7 Å². The lowest BCUT2D eigenvalue weighted by Gasteiger charge is -2.38. The first-order valence-electron chi connectivity index (χ1n) is 13.3. The van der Waals surface area contributed by atoms with Gasteiger partial charge in [-0.15, -0.1) is 0 Å². The van der Waals surface area contributed by atoms with Gasteiger partial charge in [-0.3, -0.25) is 0 Å². The zero-order valence-electron chi connectivity index (χ0n) is 20.6. The number of para-hydroxylation sites is 2. The molecule has 0 radical (unpaired) electrons. The minimum Gasteiger partial charge on any atom is -0.436 e. The van der Waals surface area contributed by atoms with Crippen LogP contribution in [0.1, 0.15) is 82.6 Å². The monoisotopic (exact) mass is 503 g/mol. The molecule has 7 heteroatoms. The molecule has 1 heterocycles. The van der Waals surface area contributed by atoms with Crippen molar-refractivity contribution in [1.82, 2.24) is 4.98 Å². The molecule has 1 aromatic heterocycles. The molecule has 2 aliphatic rings. The molecule has 2 saturated carbocycles. The van der Waals surface area contributed by atoms with Crippen molar-refractivity contribution in [3.63, 3.8) is 0 Å². The maximum Gasteiger partial charge on any atom is 0.387 e. The van der Waals surface area contributed by atoms with Gasteiger partial charge in [0, 0.05) is 5.56 Å². The van der Waals surface area contributed by atoms with Crippen LogP contribution >= 0.6 is 0 Å². The minimum atomic E-state index is -3.25. The highest BCUT2D eigenvalue weighted by Crippen LogP contribution is 2.48. The third-order valence-corrected chi connectivity index (χ3v) is 8.39. The summed E-state index contributed by atoms with van der Waals surface area (Å²) in [6, 6.07) is 8.33. The second-order valence-corrected chi connectivity index (χ2v) is 10.5. The molecule has 0 unspecified atom stereocenters. The van der Waals surface area contributed by atoms with Crippen molar-refractivity contribution in [2.45, 2.75) is 83.7 Å². The summed E-state index contributed by atoms with van der Waals surface area (Å²) >= 11 is 0. The van der Waals surface area contributed by atoms with E-state index >= 15 is 8.78 Å². The van der Waals surface area contributed by atoms with E-state index in [0.717, 1.165) is 31.6 Å². The van der Waals surface area contributed by atoms with E-state index in [-0.39, 0.29) is 22.9 Å². The number of aromatic nitrogens is 1. The SMILES string of the molecule is CCC[C@H]1CC[C@H](C2CCC(c3cc(-c4nc5ccccc5o4)c(F)c(F)c3OC(F)F)CC2)CC1. The average Bonchev–Trinajstić information content (AvgIpc) is 3.32. The summed E-state index contributed by atoms with van der Waals surface area (Å²) in [7, 11) is 0. The van der Waals surface area contributed by atoms with E-state index in [1.165, 1.54) is 44.6 Å². The lowest BCUT2D eigenvalue weighted by molar-refractivity contribution is -0.0535. The number of hydrogen-bond acceptors (Lipinski definition) is 3. The second-order valence-electron chi connectivity index (χ2n) is 10.5. The molecule has 36 heavy (non-hydrogen) atoms. The molecular weight excluding hydrogens is 470 g/mol. The molecule has 0 saturated heterocycles. The molecule has 0 atom stereocenters. The summed E-state index contributed by atoms with van der Waals surface area (Å²) in [4.78, 5) is 4.29. The van der Waals surface area contributed by atoms with Crippen LogP contribution in [0.25, 0.3) is 22.6 Å². The van der Waals surface area contributed by atoms with Gasteiger partial charge in [0.25, 0.3) is 0 Å². The molecule has 3 nitrogen and oxygen atoms in total. The molecule has 0 aliphatic heterocycles. The maximum atomic E-state index is 15.1. The highest BCUT2D eigenvalue weighted by atomic mass is 19.3. The molecule has 5 rings (SSSR count). The van der Waals surface area contributed by atoms with Crippen molar-refractivity contribution in [2.24, 2.45) is 17.8 Å². The maximum absolute atomic E-state index is 15.1. The predicted octanol–water partition coefficient (Wildman–Crippen LogP) is 9.25. The number of halogens is 4. The first kappa shape index (κ1) is 25.1. The standard InChI is InChI=1S/C29H33F4NO2/c1-2-5-17-8-10-18(11-9-17)19-12-14-20(15-13-19)21-16-22(25(30)26(31)27(21)36-29(32)33)28-34-23-6-3-4-7-24(23)35-28/h3-4,6-7,16-20,29H,2,5,8-15H2,1H3/t17-,18-,19?,20?. The van der Waals surface area contributed by atoms with Crippen LogP contribution in [0.15, 0.2) is 34.7 Å². The van der Waals surface area contributed by atoms with Crippen LogP contribution in [0.4, 0.5) is 17.6 Å². The number of benzene rings is 2. The lowest BCUT2D eigenvalue weighted by atomic mass is 9.68. The van der Waals surface area contributed by atoms with Gasteiger partial charge in [-0.25, -0.2) is 9.37 Å². The van der Waals surface area contributed by atoms with Gasteiger partial charge in [-0.05, 0) is 80.4 Å². The van der Waals surface area contributed by atoms with Crippen LogP contribution in [0, 0.1) is 29.4 Å². The van der Waals surface area contributed by atoms with E-state index in [1.54, 1.807) is 24.3 Å². The van der Waals surface area contributed by atoms with E-state index in [4.69, 9.17) is 4.42 Å². The van der Waals surface area contributed by atoms with Gasteiger partial charge in [0.2, 0.25) is 11.7 Å². The third-order valence-electron chi connectivity index (χ3n) is 8.39. The normalized spacial score (nSPS) is 24.9. The molecule has 0 spiro atoms. The Hall–Kier alpha value is -2.57. The van der Waals surface area contributed by atoms with Gasteiger partial charge in [-0.1, -0.05) is 44.7 Å². The van der Waals surface area contributed by atoms with Crippen molar-refractivity contribution in [3.8, 4) is 17.2 Å². The van der Waals surface area contributed by atoms with Gasteiger partial charge in [0.1, 0.15) is 5.52 Å². The second kappa shape index (κ2) is 10.8. The first-order chi connectivity index (χ1) is 17.4. The van der Waals surface area contributed by atoms with E-state index < -0.39 is 24.0 Å². The van der Waals surface area contributed by atoms with Crippen LogP contribution < -0.4 is 4.74 Å². The Kier molecular flexibility index (Phi) is 7.54. The molecular formula is C29H33F4NO2. The Morgan fingerprint density at radius 1 is 0.944 bits per heavy atom. The Labute approximate surface area is 209 Å². The van der Waals surface area contributed by atoms with E-state index in [9.17, 15) is 8.78 Å². The van der Waals surface area contributed by atoms with Gasteiger partial charge >= 0.3 is 6.61 Å². The van der Waals surface area contributed by atoms with Crippen LogP contribution in [-0.2, 0) is 0 Å². The summed E-state index contributed by atoms with van der Waals surface area (Å²) < 4.78 is 66.8. The molecule has 0 amide bonds. The van der Waals surface area contributed by atoms with Crippen molar-refractivity contribution in [3.05, 3.63) is 47.5 Å². The number of fused-ring (bicyclic) bond motifs is 1. The summed E-state index contributed by atoms with van der Waals surface area (Å²) in [5.41, 5.74) is 1.06.